The van der Waals surface area contributed by atoms with Crippen LogP contribution in [-0.2, 0) is 0 Å². The summed E-state index contributed by atoms with van der Waals surface area (Å²) in [6, 6.07) is 3.90. The monoisotopic (exact) mass is 267 g/mol. The number of nitrogens with zero attached hydrogens (tertiary/aromatic N) is 1. The third kappa shape index (κ3) is 3.61. The molecule has 0 aliphatic heterocycles. The van der Waals surface area contributed by atoms with Crippen molar-refractivity contribution in [2.45, 2.75) is 32.7 Å². The molecular weight excluding hydrogens is 246 g/mol. The molecule has 1 rings (SSSR count). The maximum absolute atomic E-state index is 12.4. The van der Waals surface area contributed by atoms with Crippen LogP contribution in [0, 0.1) is 0 Å². The van der Waals surface area contributed by atoms with E-state index < -0.39 is 0 Å². The van der Waals surface area contributed by atoms with Gasteiger partial charge in [-0.05, 0) is 25.0 Å². The van der Waals surface area contributed by atoms with Gasteiger partial charge < -0.3 is 20.2 Å². The van der Waals surface area contributed by atoms with Crippen LogP contribution in [0.2, 0.25) is 0 Å². The fourth-order valence-corrected chi connectivity index (χ4v) is 2.14. The number of aliphatic hydroxyl groups is 1. The first-order valence-corrected chi connectivity index (χ1v) is 6.48. The standard InChI is InChI=1S/C14H21NO4/c1-3-10(4-2)15(7-8-16)14(19)12-6-5-11(17)9-13(12)18/h5-6,9-10,16-18H,3-4,7-8H2,1-2H3. The van der Waals surface area contributed by atoms with E-state index in [-0.39, 0.29) is 42.2 Å². The quantitative estimate of drug-likeness (QED) is 0.733. The molecule has 5 heteroatoms. The Morgan fingerprint density at radius 3 is 2.37 bits per heavy atom. The van der Waals surface area contributed by atoms with Crippen LogP contribution in [-0.4, -0.2) is 45.3 Å². The summed E-state index contributed by atoms with van der Waals surface area (Å²) >= 11 is 0. The van der Waals surface area contributed by atoms with Crippen molar-refractivity contribution >= 4 is 5.91 Å². The van der Waals surface area contributed by atoms with Gasteiger partial charge >= 0.3 is 0 Å². The molecule has 0 unspecified atom stereocenters. The van der Waals surface area contributed by atoms with Crippen molar-refractivity contribution in [3.63, 3.8) is 0 Å². The molecule has 0 heterocycles. The van der Waals surface area contributed by atoms with E-state index in [9.17, 15) is 15.0 Å². The summed E-state index contributed by atoms with van der Waals surface area (Å²) in [7, 11) is 0. The SMILES string of the molecule is CCC(CC)N(CCO)C(=O)c1ccc(O)cc1O. The van der Waals surface area contributed by atoms with Crippen molar-refractivity contribution in [2.24, 2.45) is 0 Å². The molecule has 1 aromatic carbocycles. The Balaban J connectivity index is 3.04. The molecule has 1 amide bonds. The third-order valence-corrected chi connectivity index (χ3v) is 3.20. The number of carbonyl (C=O) groups excluding carboxylic acids is 1. The Morgan fingerprint density at radius 1 is 1.26 bits per heavy atom. The van der Waals surface area contributed by atoms with Gasteiger partial charge in [0, 0.05) is 18.7 Å². The molecule has 0 bridgehead atoms. The van der Waals surface area contributed by atoms with Crippen LogP contribution in [0.25, 0.3) is 0 Å². The lowest BCUT2D eigenvalue weighted by Crippen LogP contribution is -2.41. The minimum absolute atomic E-state index is 0.0212. The van der Waals surface area contributed by atoms with Crippen molar-refractivity contribution < 1.29 is 20.1 Å². The number of amides is 1. The van der Waals surface area contributed by atoms with Crippen molar-refractivity contribution in [3.05, 3.63) is 23.8 Å². The number of hydrogen-bond donors (Lipinski definition) is 3. The van der Waals surface area contributed by atoms with Crippen LogP contribution >= 0.6 is 0 Å². The third-order valence-electron chi connectivity index (χ3n) is 3.20. The molecule has 106 valence electrons. The Hall–Kier alpha value is -1.75. The van der Waals surface area contributed by atoms with Crippen LogP contribution in [0.5, 0.6) is 11.5 Å². The molecule has 0 fully saturated rings. The van der Waals surface area contributed by atoms with E-state index in [1.54, 1.807) is 4.90 Å². The minimum Gasteiger partial charge on any atom is -0.508 e. The first kappa shape index (κ1) is 15.3. The van der Waals surface area contributed by atoms with Crippen molar-refractivity contribution in [1.29, 1.82) is 0 Å². The number of hydrogen-bond acceptors (Lipinski definition) is 4. The van der Waals surface area contributed by atoms with Gasteiger partial charge in [0.2, 0.25) is 0 Å². The van der Waals surface area contributed by atoms with Crippen LogP contribution in [0.15, 0.2) is 18.2 Å². The number of rotatable bonds is 6. The summed E-state index contributed by atoms with van der Waals surface area (Å²) in [5.74, 6) is -0.676. The second kappa shape index (κ2) is 6.99. The lowest BCUT2D eigenvalue weighted by molar-refractivity contribution is 0.0619. The topological polar surface area (TPSA) is 81.0 Å². The van der Waals surface area contributed by atoms with Gasteiger partial charge in [-0.1, -0.05) is 13.8 Å². The molecule has 1 aromatic rings. The predicted octanol–water partition coefficient (Wildman–Crippen LogP) is 1.72. The van der Waals surface area contributed by atoms with E-state index in [1.807, 2.05) is 13.8 Å². The molecule has 19 heavy (non-hydrogen) atoms. The largest absolute Gasteiger partial charge is 0.508 e. The lowest BCUT2D eigenvalue weighted by atomic mass is 10.1. The number of benzene rings is 1. The van der Waals surface area contributed by atoms with Gasteiger partial charge in [0.25, 0.3) is 5.91 Å². The first-order chi connectivity index (χ1) is 9.04. The van der Waals surface area contributed by atoms with E-state index in [0.29, 0.717) is 0 Å². The minimum atomic E-state index is -0.333. The molecule has 0 spiro atoms. The smallest absolute Gasteiger partial charge is 0.257 e. The highest BCUT2D eigenvalue weighted by atomic mass is 16.3. The zero-order chi connectivity index (χ0) is 14.4. The molecule has 0 saturated heterocycles. The highest BCUT2D eigenvalue weighted by Gasteiger charge is 2.24. The molecule has 3 N–H and O–H groups in total. The molecule has 0 aromatic heterocycles. The average Bonchev–Trinajstić information content (AvgIpc) is 2.38. The Morgan fingerprint density at radius 2 is 1.89 bits per heavy atom. The molecule has 0 aliphatic carbocycles. The van der Waals surface area contributed by atoms with Crippen molar-refractivity contribution in [2.75, 3.05) is 13.2 Å². The van der Waals surface area contributed by atoms with Crippen LogP contribution in [0.3, 0.4) is 0 Å². The highest BCUT2D eigenvalue weighted by Crippen LogP contribution is 2.25. The van der Waals surface area contributed by atoms with Gasteiger partial charge in [-0.2, -0.15) is 0 Å². The van der Waals surface area contributed by atoms with Crippen LogP contribution < -0.4 is 0 Å². The fraction of sp³-hybridized carbons (Fsp3) is 0.500. The Labute approximate surface area is 113 Å². The number of carbonyl (C=O) groups is 1. The second-order valence-corrected chi connectivity index (χ2v) is 4.39. The summed E-state index contributed by atoms with van der Waals surface area (Å²) in [5.41, 5.74) is 0.137. The maximum atomic E-state index is 12.4. The van der Waals surface area contributed by atoms with E-state index in [2.05, 4.69) is 0 Å². The van der Waals surface area contributed by atoms with Crippen LogP contribution in [0.4, 0.5) is 0 Å². The average molecular weight is 267 g/mol. The zero-order valence-electron chi connectivity index (χ0n) is 11.3. The molecule has 0 saturated carbocycles. The number of phenols is 2. The summed E-state index contributed by atoms with van der Waals surface area (Å²) in [6.45, 7) is 4.05. The number of phenolic OH excluding ortho intramolecular Hbond substituents is 2. The summed E-state index contributed by atoms with van der Waals surface area (Å²) in [6.07, 6.45) is 1.56. The Bertz CT molecular complexity index is 429. The van der Waals surface area contributed by atoms with E-state index in [4.69, 9.17) is 5.11 Å². The van der Waals surface area contributed by atoms with E-state index in [1.165, 1.54) is 12.1 Å². The van der Waals surface area contributed by atoms with E-state index >= 15 is 0 Å². The van der Waals surface area contributed by atoms with Gasteiger partial charge in [0.05, 0.1) is 12.2 Å². The lowest BCUT2D eigenvalue weighted by Gasteiger charge is -2.30. The number of aliphatic hydroxyl groups excluding tert-OH is 1. The summed E-state index contributed by atoms with van der Waals surface area (Å²) < 4.78 is 0. The van der Waals surface area contributed by atoms with Crippen LogP contribution in [0.1, 0.15) is 37.0 Å². The second-order valence-electron chi connectivity index (χ2n) is 4.39. The highest BCUT2D eigenvalue weighted by molar-refractivity contribution is 5.97. The first-order valence-electron chi connectivity index (χ1n) is 6.48. The molecular formula is C14H21NO4. The Kier molecular flexibility index (Phi) is 5.63. The van der Waals surface area contributed by atoms with Gasteiger partial charge in [0.1, 0.15) is 11.5 Å². The maximum Gasteiger partial charge on any atom is 0.257 e. The summed E-state index contributed by atoms with van der Waals surface area (Å²) in [4.78, 5) is 14.0. The molecule has 0 aliphatic rings. The van der Waals surface area contributed by atoms with Gasteiger partial charge in [0.15, 0.2) is 0 Å². The van der Waals surface area contributed by atoms with E-state index in [0.717, 1.165) is 18.9 Å². The fourth-order valence-electron chi connectivity index (χ4n) is 2.14. The molecule has 0 radical (unpaired) electrons. The number of aromatic hydroxyl groups is 2. The van der Waals surface area contributed by atoms with Gasteiger partial charge in [-0.25, -0.2) is 0 Å². The molecule has 0 atom stereocenters. The van der Waals surface area contributed by atoms with Gasteiger partial charge in [-0.15, -0.1) is 0 Å². The van der Waals surface area contributed by atoms with Crippen molar-refractivity contribution in [3.8, 4) is 11.5 Å². The normalized spacial score (nSPS) is 10.7. The predicted molar refractivity (Wildman–Crippen MR) is 72.3 cm³/mol. The molecule has 5 nitrogen and oxygen atoms in total. The summed E-state index contributed by atoms with van der Waals surface area (Å²) in [5, 5.41) is 28.1. The zero-order valence-corrected chi connectivity index (χ0v) is 11.3. The van der Waals surface area contributed by atoms with Gasteiger partial charge in [-0.3, -0.25) is 4.79 Å². The van der Waals surface area contributed by atoms with Crippen molar-refractivity contribution in [1.82, 2.24) is 4.90 Å².